The van der Waals surface area contributed by atoms with E-state index in [2.05, 4.69) is 41.1 Å². The topological polar surface area (TPSA) is 15.3 Å². The van der Waals surface area contributed by atoms with Crippen molar-refractivity contribution >= 4 is 30.5 Å². The average Bonchev–Trinajstić information content (AvgIpc) is 2.40. The van der Waals surface area contributed by atoms with Gasteiger partial charge in [0.2, 0.25) is 0 Å². The molecule has 1 aromatic carbocycles. The number of anilines is 1. The highest BCUT2D eigenvalue weighted by Gasteiger charge is 2.11. The second-order valence-electron chi connectivity index (χ2n) is 3.61. The van der Waals surface area contributed by atoms with Crippen LogP contribution in [0.1, 0.15) is 5.56 Å². The van der Waals surface area contributed by atoms with Crippen LogP contribution in [-0.2, 0) is 6.54 Å². The summed E-state index contributed by atoms with van der Waals surface area (Å²) in [6.07, 6.45) is 1.97. The standard InChI is InChI=1S/C12H16N2.2ClH/c1-2-8-14-9-7-13-12-6-4-3-5-11(12)10-14;;/h2-6,13H,1,7-10H2;2*1H. The Morgan fingerprint density at radius 2 is 2.06 bits per heavy atom. The lowest BCUT2D eigenvalue weighted by Crippen LogP contribution is -2.25. The summed E-state index contributed by atoms with van der Waals surface area (Å²) in [7, 11) is 0. The van der Waals surface area contributed by atoms with E-state index in [0.717, 1.165) is 26.2 Å². The number of hydrogen-bond donors (Lipinski definition) is 1. The molecule has 0 aromatic heterocycles. The summed E-state index contributed by atoms with van der Waals surface area (Å²) < 4.78 is 0. The van der Waals surface area contributed by atoms with Crippen LogP contribution in [0.3, 0.4) is 0 Å². The summed E-state index contributed by atoms with van der Waals surface area (Å²) in [6.45, 7) is 7.87. The van der Waals surface area contributed by atoms with E-state index >= 15 is 0 Å². The molecule has 1 aliphatic rings. The van der Waals surface area contributed by atoms with Gasteiger partial charge < -0.3 is 5.32 Å². The van der Waals surface area contributed by atoms with Crippen molar-refractivity contribution in [3.63, 3.8) is 0 Å². The van der Waals surface area contributed by atoms with E-state index in [1.165, 1.54) is 11.3 Å². The van der Waals surface area contributed by atoms with E-state index < -0.39 is 0 Å². The van der Waals surface area contributed by atoms with Gasteiger partial charge in [-0.05, 0) is 11.6 Å². The molecule has 16 heavy (non-hydrogen) atoms. The smallest absolute Gasteiger partial charge is 0.0386 e. The summed E-state index contributed by atoms with van der Waals surface area (Å²) in [5.41, 5.74) is 2.66. The lowest BCUT2D eigenvalue weighted by molar-refractivity contribution is 0.312. The highest BCUT2D eigenvalue weighted by molar-refractivity contribution is 5.85. The van der Waals surface area contributed by atoms with Crippen molar-refractivity contribution in [3.05, 3.63) is 42.5 Å². The van der Waals surface area contributed by atoms with Gasteiger partial charge in [-0.3, -0.25) is 4.90 Å². The van der Waals surface area contributed by atoms with Gasteiger partial charge in [-0.2, -0.15) is 0 Å². The van der Waals surface area contributed by atoms with Crippen LogP contribution in [0.25, 0.3) is 0 Å². The molecule has 1 heterocycles. The third-order valence-corrected chi connectivity index (χ3v) is 2.54. The summed E-state index contributed by atoms with van der Waals surface area (Å²) in [5.74, 6) is 0. The maximum Gasteiger partial charge on any atom is 0.0386 e. The first-order chi connectivity index (χ1) is 6.90. The molecule has 0 amide bonds. The lowest BCUT2D eigenvalue weighted by Gasteiger charge is -2.17. The fourth-order valence-electron chi connectivity index (χ4n) is 1.84. The molecule has 1 aromatic rings. The Labute approximate surface area is 110 Å². The molecular formula is C12H18Cl2N2. The molecule has 0 spiro atoms. The van der Waals surface area contributed by atoms with E-state index in [4.69, 9.17) is 0 Å². The Balaban J connectivity index is 0.00000112. The zero-order valence-electron chi connectivity index (χ0n) is 9.19. The zero-order chi connectivity index (χ0) is 9.80. The van der Waals surface area contributed by atoms with E-state index in [-0.39, 0.29) is 24.8 Å². The normalized spacial score (nSPS) is 14.5. The fourth-order valence-corrected chi connectivity index (χ4v) is 1.84. The molecule has 0 fully saturated rings. The molecular weight excluding hydrogens is 243 g/mol. The second-order valence-corrected chi connectivity index (χ2v) is 3.61. The van der Waals surface area contributed by atoms with Crippen LogP contribution in [0.4, 0.5) is 5.69 Å². The van der Waals surface area contributed by atoms with Crippen molar-refractivity contribution in [2.45, 2.75) is 6.54 Å². The summed E-state index contributed by atoms with van der Waals surface area (Å²) in [5, 5.41) is 3.44. The summed E-state index contributed by atoms with van der Waals surface area (Å²) in [4.78, 5) is 2.39. The highest BCUT2D eigenvalue weighted by atomic mass is 35.5. The van der Waals surface area contributed by atoms with Gasteiger partial charge in [-0.15, -0.1) is 31.4 Å². The number of nitrogens with zero attached hydrogens (tertiary/aromatic N) is 1. The highest BCUT2D eigenvalue weighted by Crippen LogP contribution is 2.19. The largest absolute Gasteiger partial charge is 0.383 e. The molecule has 0 radical (unpaired) electrons. The number of halogens is 2. The van der Waals surface area contributed by atoms with Crippen molar-refractivity contribution < 1.29 is 0 Å². The second kappa shape index (κ2) is 7.55. The zero-order valence-corrected chi connectivity index (χ0v) is 10.8. The third kappa shape index (κ3) is 3.71. The van der Waals surface area contributed by atoms with Gasteiger partial charge in [0.05, 0.1) is 0 Å². The van der Waals surface area contributed by atoms with Crippen molar-refractivity contribution in [3.8, 4) is 0 Å². The molecule has 1 aliphatic heterocycles. The van der Waals surface area contributed by atoms with Gasteiger partial charge in [0.1, 0.15) is 0 Å². The number of fused-ring (bicyclic) bond motifs is 1. The van der Waals surface area contributed by atoms with E-state index in [0.29, 0.717) is 0 Å². The Kier molecular flexibility index (Phi) is 7.22. The van der Waals surface area contributed by atoms with Gasteiger partial charge in [-0.1, -0.05) is 24.3 Å². The quantitative estimate of drug-likeness (QED) is 0.823. The van der Waals surface area contributed by atoms with Gasteiger partial charge in [-0.25, -0.2) is 0 Å². The van der Waals surface area contributed by atoms with Crippen LogP contribution in [-0.4, -0.2) is 24.5 Å². The number of nitrogens with one attached hydrogen (secondary N) is 1. The van der Waals surface area contributed by atoms with E-state index in [1.807, 2.05) is 6.08 Å². The molecule has 0 aliphatic carbocycles. The summed E-state index contributed by atoms with van der Waals surface area (Å²) >= 11 is 0. The monoisotopic (exact) mass is 260 g/mol. The molecule has 1 N–H and O–H groups in total. The van der Waals surface area contributed by atoms with Crippen LogP contribution in [0, 0.1) is 0 Å². The molecule has 2 rings (SSSR count). The maximum absolute atomic E-state index is 3.78. The Morgan fingerprint density at radius 1 is 1.31 bits per heavy atom. The Bertz CT molecular complexity index is 329. The third-order valence-electron chi connectivity index (χ3n) is 2.54. The Hall–Kier alpha value is -0.700. The predicted octanol–water partition coefficient (Wildman–Crippen LogP) is 2.94. The molecule has 0 bridgehead atoms. The summed E-state index contributed by atoms with van der Waals surface area (Å²) in [6, 6.07) is 8.50. The minimum Gasteiger partial charge on any atom is -0.383 e. The SMILES string of the molecule is C=CCN1CCNc2ccccc2C1.Cl.Cl. The number of rotatable bonds is 2. The predicted molar refractivity (Wildman–Crippen MR) is 74.9 cm³/mol. The Morgan fingerprint density at radius 3 is 2.81 bits per heavy atom. The minimum absolute atomic E-state index is 0. The first-order valence-corrected chi connectivity index (χ1v) is 5.05. The van der Waals surface area contributed by atoms with E-state index in [9.17, 15) is 0 Å². The van der Waals surface area contributed by atoms with Gasteiger partial charge in [0.15, 0.2) is 0 Å². The van der Waals surface area contributed by atoms with Crippen molar-refractivity contribution in [2.75, 3.05) is 25.0 Å². The molecule has 90 valence electrons. The lowest BCUT2D eigenvalue weighted by atomic mass is 10.2. The van der Waals surface area contributed by atoms with Gasteiger partial charge in [0, 0.05) is 31.9 Å². The first-order valence-electron chi connectivity index (χ1n) is 5.05. The van der Waals surface area contributed by atoms with Gasteiger partial charge in [0.25, 0.3) is 0 Å². The maximum atomic E-state index is 3.78. The van der Waals surface area contributed by atoms with Crippen molar-refractivity contribution in [2.24, 2.45) is 0 Å². The number of benzene rings is 1. The van der Waals surface area contributed by atoms with Crippen LogP contribution < -0.4 is 5.32 Å². The molecule has 0 saturated heterocycles. The number of hydrogen-bond acceptors (Lipinski definition) is 2. The molecule has 2 nitrogen and oxygen atoms in total. The molecule has 0 saturated carbocycles. The molecule has 0 atom stereocenters. The molecule has 4 heteroatoms. The van der Waals surface area contributed by atoms with E-state index in [1.54, 1.807) is 0 Å². The minimum atomic E-state index is 0. The fraction of sp³-hybridized carbons (Fsp3) is 0.333. The van der Waals surface area contributed by atoms with Crippen LogP contribution in [0.15, 0.2) is 36.9 Å². The first kappa shape index (κ1) is 15.3. The molecule has 0 unspecified atom stereocenters. The van der Waals surface area contributed by atoms with Gasteiger partial charge >= 0.3 is 0 Å². The van der Waals surface area contributed by atoms with Crippen LogP contribution >= 0.6 is 24.8 Å². The van der Waals surface area contributed by atoms with Crippen molar-refractivity contribution in [1.29, 1.82) is 0 Å². The van der Waals surface area contributed by atoms with Crippen LogP contribution in [0.2, 0.25) is 0 Å². The number of para-hydroxylation sites is 1. The average molecular weight is 261 g/mol. The van der Waals surface area contributed by atoms with Crippen LogP contribution in [0.5, 0.6) is 0 Å². The van der Waals surface area contributed by atoms with Crippen molar-refractivity contribution in [1.82, 2.24) is 4.90 Å².